The van der Waals surface area contributed by atoms with Crippen LogP contribution in [0.4, 0.5) is 13.2 Å². The second kappa shape index (κ2) is 5.33. The predicted molar refractivity (Wildman–Crippen MR) is 78.7 cm³/mol. The second-order valence-electron chi connectivity index (χ2n) is 4.93. The summed E-state index contributed by atoms with van der Waals surface area (Å²) in [6, 6.07) is 17.8. The molecule has 5 heteroatoms. The summed E-state index contributed by atoms with van der Waals surface area (Å²) in [5.74, 6) is 0. The molecule has 0 spiro atoms. The van der Waals surface area contributed by atoms with Crippen LogP contribution in [-0.2, 0) is 6.18 Å². The Morgan fingerprint density at radius 3 is 1.95 bits per heavy atom. The van der Waals surface area contributed by atoms with Crippen molar-refractivity contribution >= 4 is 0 Å². The van der Waals surface area contributed by atoms with E-state index >= 15 is 0 Å². The maximum absolute atomic E-state index is 13.2. The van der Waals surface area contributed by atoms with E-state index in [2.05, 4.69) is 5.10 Å². The summed E-state index contributed by atoms with van der Waals surface area (Å²) in [6.45, 7) is 1.46. The third kappa shape index (κ3) is 2.50. The first-order valence-electron chi connectivity index (χ1n) is 6.76. The predicted octanol–water partition coefficient (Wildman–Crippen LogP) is 4.87. The molecule has 3 aromatic rings. The molecule has 1 heterocycles. The van der Waals surface area contributed by atoms with Crippen molar-refractivity contribution < 1.29 is 13.2 Å². The van der Waals surface area contributed by atoms with Gasteiger partial charge in [-0.15, -0.1) is 0 Å². The van der Waals surface area contributed by atoms with Crippen molar-refractivity contribution in [3.8, 4) is 16.9 Å². The number of nitrogens with zero attached hydrogens (tertiary/aromatic N) is 2. The minimum Gasteiger partial charge on any atom is -0.232 e. The summed E-state index contributed by atoms with van der Waals surface area (Å²) in [5.41, 5.74) is 1.03. The molecule has 0 aliphatic heterocycles. The first-order valence-corrected chi connectivity index (χ1v) is 6.76. The summed E-state index contributed by atoms with van der Waals surface area (Å²) in [4.78, 5) is 0. The molecule has 0 aliphatic carbocycles. The molecule has 0 N–H and O–H groups in total. The molecule has 0 aliphatic rings. The van der Waals surface area contributed by atoms with E-state index in [4.69, 9.17) is 0 Å². The van der Waals surface area contributed by atoms with Crippen LogP contribution in [0.1, 0.15) is 11.3 Å². The standard InChI is InChI=1S/C17H13F3N2/c1-12-15(13-8-4-2-5-9-13)22(14-10-6-3-7-11-14)21-16(12)17(18,19)20/h2-11H,1H3. The molecule has 0 atom stereocenters. The zero-order valence-electron chi connectivity index (χ0n) is 11.8. The Bertz CT molecular complexity index is 775. The molecule has 0 saturated heterocycles. The topological polar surface area (TPSA) is 17.8 Å². The van der Waals surface area contributed by atoms with Crippen molar-refractivity contribution in [3.05, 3.63) is 71.9 Å². The van der Waals surface area contributed by atoms with Gasteiger partial charge in [0.25, 0.3) is 0 Å². The highest BCUT2D eigenvalue weighted by molar-refractivity contribution is 5.67. The van der Waals surface area contributed by atoms with Crippen LogP contribution >= 0.6 is 0 Å². The van der Waals surface area contributed by atoms with Gasteiger partial charge in [-0.1, -0.05) is 48.5 Å². The van der Waals surface area contributed by atoms with Crippen LogP contribution in [0.5, 0.6) is 0 Å². The molecule has 112 valence electrons. The Hall–Kier alpha value is -2.56. The summed E-state index contributed by atoms with van der Waals surface area (Å²) >= 11 is 0. The number of alkyl halides is 3. The Morgan fingerprint density at radius 2 is 1.41 bits per heavy atom. The van der Waals surface area contributed by atoms with E-state index in [-0.39, 0.29) is 5.56 Å². The van der Waals surface area contributed by atoms with Crippen molar-refractivity contribution in [2.75, 3.05) is 0 Å². The van der Waals surface area contributed by atoms with Crippen LogP contribution in [0.25, 0.3) is 16.9 Å². The third-order valence-electron chi connectivity index (χ3n) is 3.44. The normalized spacial score (nSPS) is 11.6. The first-order chi connectivity index (χ1) is 10.5. The number of hydrogen-bond donors (Lipinski definition) is 0. The molecular weight excluding hydrogens is 289 g/mol. The average molecular weight is 302 g/mol. The van der Waals surface area contributed by atoms with Crippen LogP contribution in [0.3, 0.4) is 0 Å². The summed E-state index contributed by atoms with van der Waals surface area (Å²) in [7, 11) is 0. The second-order valence-corrected chi connectivity index (χ2v) is 4.93. The number of para-hydroxylation sites is 1. The molecule has 0 unspecified atom stereocenters. The van der Waals surface area contributed by atoms with Gasteiger partial charge in [0.15, 0.2) is 5.69 Å². The van der Waals surface area contributed by atoms with E-state index in [1.54, 1.807) is 48.5 Å². The molecule has 22 heavy (non-hydrogen) atoms. The zero-order chi connectivity index (χ0) is 15.7. The quantitative estimate of drug-likeness (QED) is 0.660. The number of rotatable bonds is 2. The molecule has 0 bridgehead atoms. The van der Waals surface area contributed by atoms with E-state index in [0.29, 0.717) is 16.9 Å². The van der Waals surface area contributed by atoms with Gasteiger partial charge in [-0.25, -0.2) is 4.68 Å². The monoisotopic (exact) mass is 302 g/mol. The van der Waals surface area contributed by atoms with Gasteiger partial charge in [-0.05, 0) is 19.1 Å². The highest BCUT2D eigenvalue weighted by Gasteiger charge is 2.38. The van der Waals surface area contributed by atoms with Gasteiger partial charge in [0, 0.05) is 11.1 Å². The maximum Gasteiger partial charge on any atom is 0.435 e. The summed E-state index contributed by atoms with van der Waals surface area (Å²) in [6.07, 6.45) is -4.48. The number of halogens is 3. The Labute approximate surface area is 125 Å². The minimum atomic E-state index is -4.48. The van der Waals surface area contributed by atoms with Gasteiger partial charge in [0.2, 0.25) is 0 Å². The molecule has 0 saturated carbocycles. The fourth-order valence-electron chi connectivity index (χ4n) is 2.46. The number of hydrogen-bond acceptors (Lipinski definition) is 1. The SMILES string of the molecule is Cc1c(C(F)(F)F)nn(-c2ccccc2)c1-c1ccccc1. The molecule has 0 radical (unpaired) electrons. The maximum atomic E-state index is 13.2. The molecule has 0 amide bonds. The largest absolute Gasteiger partial charge is 0.435 e. The van der Waals surface area contributed by atoms with Crippen molar-refractivity contribution in [1.82, 2.24) is 9.78 Å². The van der Waals surface area contributed by atoms with Gasteiger partial charge < -0.3 is 0 Å². The van der Waals surface area contributed by atoms with E-state index in [0.717, 1.165) is 0 Å². The van der Waals surface area contributed by atoms with Gasteiger partial charge in [-0.3, -0.25) is 0 Å². The summed E-state index contributed by atoms with van der Waals surface area (Å²) in [5, 5.41) is 3.82. The molecule has 1 aromatic heterocycles. The lowest BCUT2D eigenvalue weighted by molar-refractivity contribution is -0.141. The van der Waals surface area contributed by atoms with E-state index in [1.165, 1.54) is 11.6 Å². The lowest BCUT2D eigenvalue weighted by Crippen LogP contribution is -2.08. The van der Waals surface area contributed by atoms with Crippen molar-refractivity contribution in [1.29, 1.82) is 0 Å². The van der Waals surface area contributed by atoms with Crippen LogP contribution in [0, 0.1) is 6.92 Å². The smallest absolute Gasteiger partial charge is 0.232 e. The van der Waals surface area contributed by atoms with Crippen molar-refractivity contribution in [2.45, 2.75) is 13.1 Å². The van der Waals surface area contributed by atoms with Gasteiger partial charge in [0.05, 0.1) is 11.4 Å². The van der Waals surface area contributed by atoms with Crippen molar-refractivity contribution in [3.63, 3.8) is 0 Å². The lowest BCUT2D eigenvalue weighted by atomic mass is 10.1. The third-order valence-corrected chi connectivity index (χ3v) is 3.44. The lowest BCUT2D eigenvalue weighted by Gasteiger charge is -2.08. The Morgan fingerprint density at radius 1 is 0.864 bits per heavy atom. The van der Waals surface area contributed by atoms with Crippen molar-refractivity contribution in [2.24, 2.45) is 0 Å². The van der Waals surface area contributed by atoms with Crippen LogP contribution < -0.4 is 0 Å². The molecule has 2 nitrogen and oxygen atoms in total. The highest BCUT2D eigenvalue weighted by Crippen LogP contribution is 2.36. The van der Waals surface area contributed by atoms with Gasteiger partial charge in [0.1, 0.15) is 0 Å². The Balaban J connectivity index is 2.29. The summed E-state index contributed by atoms with van der Waals surface area (Å²) < 4.78 is 40.9. The van der Waals surface area contributed by atoms with Crippen LogP contribution in [0.15, 0.2) is 60.7 Å². The van der Waals surface area contributed by atoms with E-state index < -0.39 is 11.9 Å². The van der Waals surface area contributed by atoms with Gasteiger partial charge >= 0.3 is 6.18 Å². The fraction of sp³-hybridized carbons (Fsp3) is 0.118. The average Bonchev–Trinajstić information content (AvgIpc) is 2.86. The minimum absolute atomic E-state index is 0.127. The van der Waals surface area contributed by atoms with Gasteiger partial charge in [-0.2, -0.15) is 18.3 Å². The first kappa shape index (κ1) is 14.4. The van der Waals surface area contributed by atoms with Crippen LogP contribution in [-0.4, -0.2) is 9.78 Å². The van der Waals surface area contributed by atoms with E-state index in [9.17, 15) is 13.2 Å². The molecule has 2 aromatic carbocycles. The number of benzene rings is 2. The molecule has 3 rings (SSSR count). The zero-order valence-corrected chi connectivity index (χ0v) is 11.8. The highest BCUT2D eigenvalue weighted by atomic mass is 19.4. The number of aromatic nitrogens is 2. The molecule has 0 fully saturated rings. The van der Waals surface area contributed by atoms with Crippen LogP contribution in [0.2, 0.25) is 0 Å². The van der Waals surface area contributed by atoms with E-state index in [1.807, 2.05) is 12.1 Å². The molecular formula is C17H13F3N2. The Kier molecular flexibility index (Phi) is 3.48. The fourth-order valence-corrected chi connectivity index (χ4v) is 2.46.